The van der Waals surface area contributed by atoms with Crippen molar-refractivity contribution in [3.8, 4) is 11.1 Å². The average Bonchev–Trinajstić information content (AvgIpc) is 2.60. The van der Waals surface area contributed by atoms with Gasteiger partial charge in [0.05, 0.1) is 6.42 Å². The number of hydrogen-bond acceptors (Lipinski definition) is 1. The highest BCUT2D eigenvalue weighted by Crippen LogP contribution is 2.28. The summed E-state index contributed by atoms with van der Waals surface area (Å²) in [7, 11) is 0. The molecule has 1 amide bonds. The fourth-order valence-corrected chi connectivity index (χ4v) is 2.29. The van der Waals surface area contributed by atoms with Crippen LogP contribution in [0.4, 0.5) is 4.39 Å². The third-order valence-electron chi connectivity index (χ3n) is 3.21. The van der Waals surface area contributed by atoms with Gasteiger partial charge >= 0.3 is 0 Å². The third kappa shape index (κ3) is 2.27. The van der Waals surface area contributed by atoms with E-state index < -0.39 is 0 Å². The highest BCUT2D eigenvalue weighted by atomic mass is 19.1. The first-order valence-corrected chi connectivity index (χ1v) is 6.08. The zero-order valence-corrected chi connectivity index (χ0v) is 10.2. The summed E-state index contributed by atoms with van der Waals surface area (Å²) in [6.07, 6.45) is 3.87. The van der Waals surface area contributed by atoms with E-state index in [0.717, 1.165) is 22.3 Å². The Morgan fingerprint density at radius 3 is 2.63 bits per heavy atom. The van der Waals surface area contributed by atoms with Crippen LogP contribution in [0.5, 0.6) is 0 Å². The maximum absolute atomic E-state index is 13.0. The molecular formula is C16H12FNO. The molecule has 0 atom stereocenters. The van der Waals surface area contributed by atoms with E-state index in [1.165, 1.54) is 12.1 Å². The Labute approximate surface area is 110 Å². The smallest absolute Gasteiger partial charge is 0.228 e. The topological polar surface area (TPSA) is 29.1 Å². The van der Waals surface area contributed by atoms with Crippen LogP contribution < -0.4 is 5.32 Å². The molecule has 1 N–H and O–H groups in total. The highest BCUT2D eigenvalue weighted by molar-refractivity contribution is 5.87. The van der Waals surface area contributed by atoms with Crippen molar-refractivity contribution >= 4 is 12.0 Å². The lowest BCUT2D eigenvalue weighted by atomic mass is 9.93. The van der Waals surface area contributed by atoms with E-state index in [-0.39, 0.29) is 11.7 Å². The Morgan fingerprint density at radius 1 is 1.05 bits per heavy atom. The monoisotopic (exact) mass is 253 g/mol. The van der Waals surface area contributed by atoms with E-state index in [2.05, 4.69) is 5.32 Å². The average molecular weight is 253 g/mol. The standard InChI is InChI=1S/C16H12FNO/c17-13-6-4-12(5-7-13)14-3-1-2-11-8-9-18-16(19)10-15(11)14/h1-9H,10H2,(H,18,19). The molecule has 0 spiro atoms. The summed E-state index contributed by atoms with van der Waals surface area (Å²) in [5, 5.41) is 2.70. The molecule has 2 aromatic carbocycles. The van der Waals surface area contributed by atoms with E-state index in [0.29, 0.717) is 6.42 Å². The van der Waals surface area contributed by atoms with Gasteiger partial charge in [-0.25, -0.2) is 4.39 Å². The SMILES string of the molecule is O=C1Cc2c(cccc2-c2ccc(F)cc2)C=CN1. The Morgan fingerprint density at radius 2 is 1.84 bits per heavy atom. The molecule has 1 heterocycles. The minimum absolute atomic E-state index is 0.0374. The van der Waals surface area contributed by atoms with Crippen molar-refractivity contribution in [3.63, 3.8) is 0 Å². The van der Waals surface area contributed by atoms with E-state index in [1.807, 2.05) is 24.3 Å². The molecule has 3 rings (SSSR count). The summed E-state index contributed by atoms with van der Waals surface area (Å²) in [6.45, 7) is 0. The number of rotatable bonds is 1. The Balaban J connectivity index is 2.15. The van der Waals surface area contributed by atoms with Crippen LogP contribution >= 0.6 is 0 Å². The second kappa shape index (κ2) is 4.69. The molecule has 2 nitrogen and oxygen atoms in total. The molecule has 0 aromatic heterocycles. The predicted octanol–water partition coefficient (Wildman–Crippen LogP) is 3.14. The molecule has 3 heteroatoms. The predicted molar refractivity (Wildman–Crippen MR) is 72.7 cm³/mol. The van der Waals surface area contributed by atoms with Crippen LogP contribution in [-0.4, -0.2) is 5.91 Å². The Kier molecular flexibility index (Phi) is 2.88. The van der Waals surface area contributed by atoms with Crippen molar-refractivity contribution in [2.75, 3.05) is 0 Å². The summed E-state index contributed by atoms with van der Waals surface area (Å²) < 4.78 is 13.0. The van der Waals surface area contributed by atoms with Crippen molar-refractivity contribution in [1.82, 2.24) is 5.32 Å². The van der Waals surface area contributed by atoms with E-state index in [4.69, 9.17) is 0 Å². The normalized spacial score (nSPS) is 13.6. The lowest BCUT2D eigenvalue weighted by Gasteiger charge is -2.11. The zero-order chi connectivity index (χ0) is 13.2. The van der Waals surface area contributed by atoms with Crippen LogP contribution in [0.15, 0.2) is 48.7 Å². The number of carbonyl (C=O) groups excluding carboxylic acids is 1. The summed E-state index contributed by atoms with van der Waals surface area (Å²) in [4.78, 5) is 11.7. The number of hydrogen-bond donors (Lipinski definition) is 1. The van der Waals surface area contributed by atoms with Gasteiger partial charge in [0.15, 0.2) is 0 Å². The molecule has 0 radical (unpaired) electrons. The molecule has 1 aliphatic heterocycles. The van der Waals surface area contributed by atoms with Gasteiger partial charge in [-0.2, -0.15) is 0 Å². The van der Waals surface area contributed by atoms with Gasteiger partial charge in [-0.1, -0.05) is 30.3 Å². The molecule has 0 unspecified atom stereocenters. The van der Waals surface area contributed by atoms with E-state index >= 15 is 0 Å². The van der Waals surface area contributed by atoms with Crippen LogP contribution in [-0.2, 0) is 11.2 Å². The van der Waals surface area contributed by atoms with Gasteiger partial charge < -0.3 is 5.32 Å². The molecule has 0 fully saturated rings. The second-order valence-electron chi connectivity index (χ2n) is 4.46. The first kappa shape index (κ1) is 11.7. The highest BCUT2D eigenvalue weighted by Gasteiger charge is 2.14. The molecule has 0 saturated heterocycles. The van der Waals surface area contributed by atoms with E-state index in [9.17, 15) is 9.18 Å². The largest absolute Gasteiger partial charge is 0.332 e. The molecule has 0 aliphatic carbocycles. The van der Waals surface area contributed by atoms with Crippen molar-refractivity contribution in [3.05, 3.63) is 65.6 Å². The molecule has 94 valence electrons. The van der Waals surface area contributed by atoms with Gasteiger partial charge in [-0.15, -0.1) is 0 Å². The summed E-state index contributed by atoms with van der Waals surface area (Å²) in [5.41, 5.74) is 3.88. The van der Waals surface area contributed by atoms with Crippen LogP contribution in [0.1, 0.15) is 11.1 Å². The first-order chi connectivity index (χ1) is 9.24. The maximum Gasteiger partial charge on any atom is 0.228 e. The zero-order valence-electron chi connectivity index (χ0n) is 10.2. The number of carbonyl (C=O) groups is 1. The summed E-state index contributed by atoms with van der Waals surface area (Å²) in [6, 6.07) is 12.2. The van der Waals surface area contributed by atoms with Gasteiger partial charge in [0.25, 0.3) is 0 Å². The van der Waals surface area contributed by atoms with Gasteiger partial charge in [-0.3, -0.25) is 4.79 Å². The fourth-order valence-electron chi connectivity index (χ4n) is 2.29. The van der Waals surface area contributed by atoms with Crippen molar-refractivity contribution in [1.29, 1.82) is 0 Å². The number of amides is 1. The Hall–Kier alpha value is -2.42. The van der Waals surface area contributed by atoms with Gasteiger partial charge in [0, 0.05) is 6.20 Å². The second-order valence-corrected chi connectivity index (χ2v) is 4.46. The van der Waals surface area contributed by atoms with Crippen molar-refractivity contribution in [2.45, 2.75) is 6.42 Å². The molecule has 2 aromatic rings. The summed E-state index contributed by atoms with van der Waals surface area (Å²) >= 11 is 0. The lowest BCUT2D eigenvalue weighted by Crippen LogP contribution is -2.18. The molecular weight excluding hydrogens is 241 g/mol. The lowest BCUT2D eigenvalue weighted by molar-refractivity contribution is -0.119. The van der Waals surface area contributed by atoms with Crippen LogP contribution in [0.25, 0.3) is 17.2 Å². The fraction of sp³-hybridized carbons (Fsp3) is 0.0625. The Bertz CT molecular complexity index is 659. The molecule has 1 aliphatic rings. The van der Waals surface area contributed by atoms with Crippen LogP contribution in [0.3, 0.4) is 0 Å². The molecule has 0 saturated carbocycles. The van der Waals surface area contributed by atoms with Crippen molar-refractivity contribution in [2.24, 2.45) is 0 Å². The minimum Gasteiger partial charge on any atom is -0.332 e. The molecule has 19 heavy (non-hydrogen) atoms. The van der Waals surface area contributed by atoms with Crippen LogP contribution in [0, 0.1) is 5.82 Å². The van der Waals surface area contributed by atoms with E-state index in [1.54, 1.807) is 18.3 Å². The third-order valence-corrected chi connectivity index (χ3v) is 3.21. The molecule has 0 bridgehead atoms. The van der Waals surface area contributed by atoms with Gasteiger partial charge in [0.2, 0.25) is 5.91 Å². The summed E-state index contributed by atoms with van der Waals surface area (Å²) in [5.74, 6) is -0.298. The van der Waals surface area contributed by atoms with Gasteiger partial charge in [-0.05, 0) is 40.5 Å². The first-order valence-electron chi connectivity index (χ1n) is 6.08. The van der Waals surface area contributed by atoms with Crippen LogP contribution in [0.2, 0.25) is 0 Å². The minimum atomic E-state index is -0.261. The number of benzene rings is 2. The number of nitrogens with one attached hydrogen (secondary N) is 1. The maximum atomic E-state index is 13.0. The number of fused-ring (bicyclic) bond motifs is 1. The van der Waals surface area contributed by atoms with Gasteiger partial charge in [0.1, 0.15) is 5.82 Å². The van der Waals surface area contributed by atoms with Crippen molar-refractivity contribution < 1.29 is 9.18 Å². The quantitative estimate of drug-likeness (QED) is 0.831. The number of halogens is 1.